The average molecular weight is 581 g/mol. The van der Waals surface area contributed by atoms with Crippen molar-refractivity contribution < 1.29 is 33.7 Å². The maximum atomic E-state index is 14.0. The summed E-state index contributed by atoms with van der Waals surface area (Å²) in [5.41, 5.74) is 2.04. The number of carbonyl (C=O) groups excluding carboxylic acids is 3. The predicted octanol–water partition coefficient (Wildman–Crippen LogP) is 4.16. The molecule has 0 bridgehead atoms. The predicted molar refractivity (Wildman–Crippen MR) is 158 cm³/mol. The first-order valence-electron chi connectivity index (χ1n) is 15.1. The Kier molecular flexibility index (Phi) is 12.2. The number of nitrogens with zero attached hydrogens (tertiary/aromatic N) is 1. The van der Waals surface area contributed by atoms with Crippen molar-refractivity contribution in [3.8, 4) is 5.75 Å². The third-order valence-electron chi connectivity index (χ3n) is 8.20. The molecule has 1 unspecified atom stereocenters. The number of benzene rings is 2. The highest BCUT2D eigenvalue weighted by molar-refractivity contribution is 5.91. The van der Waals surface area contributed by atoms with E-state index in [1.807, 2.05) is 30.3 Å². The van der Waals surface area contributed by atoms with Crippen molar-refractivity contribution in [2.45, 2.75) is 82.6 Å². The molecule has 2 amide bonds. The van der Waals surface area contributed by atoms with E-state index < -0.39 is 18.1 Å². The standard InChI is InChI=1S/C33H44N2O7/c1-40-33(39)29-21-28(42-20-8-19-41-23-25-9-4-2-5-10-25)22-35(29)32(38)31(26-11-6-3-7-12-26)34-30(37)18-15-24-13-16-27(36)17-14-24/h2,4-5,9-10,13-14,16-17,26,28-29,31,36H,3,6-8,11-12,15,18-23H2,1H3,(H,34,37)/t28-,29?,31+/m1/s1. The molecule has 1 saturated carbocycles. The number of hydrogen-bond donors (Lipinski definition) is 2. The molecule has 0 radical (unpaired) electrons. The number of methoxy groups -OCH3 is 1. The van der Waals surface area contributed by atoms with Gasteiger partial charge < -0.3 is 29.5 Å². The summed E-state index contributed by atoms with van der Waals surface area (Å²) in [6.07, 6.45) is 6.32. The minimum absolute atomic E-state index is 0.0175. The van der Waals surface area contributed by atoms with Crippen molar-refractivity contribution in [1.29, 1.82) is 0 Å². The van der Waals surface area contributed by atoms with Gasteiger partial charge in [-0.05, 0) is 54.9 Å². The van der Waals surface area contributed by atoms with Crippen LogP contribution in [0.2, 0.25) is 0 Å². The smallest absolute Gasteiger partial charge is 0.328 e. The molecule has 2 aromatic carbocycles. The maximum absolute atomic E-state index is 14.0. The second-order valence-corrected chi connectivity index (χ2v) is 11.3. The van der Waals surface area contributed by atoms with E-state index in [0.29, 0.717) is 39.1 Å². The van der Waals surface area contributed by atoms with Crippen LogP contribution in [0.3, 0.4) is 0 Å². The molecule has 9 nitrogen and oxygen atoms in total. The molecule has 1 aliphatic heterocycles. The molecule has 1 aliphatic carbocycles. The summed E-state index contributed by atoms with van der Waals surface area (Å²) in [6, 6.07) is 15.3. The van der Waals surface area contributed by atoms with E-state index in [9.17, 15) is 19.5 Å². The normalized spacial score (nSPS) is 19.8. The van der Waals surface area contributed by atoms with Gasteiger partial charge in [0.2, 0.25) is 11.8 Å². The number of aromatic hydroxyl groups is 1. The molecule has 0 spiro atoms. The van der Waals surface area contributed by atoms with Gasteiger partial charge in [0, 0.05) is 32.6 Å². The summed E-state index contributed by atoms with van der Waals surface area (Å²) < 4.78 is 16.9. The largest absolute Gasteiger partial charge is 0.508 e. The third kappa shape index (κ3) is 9.29. The van der Waals surface area contributed by atoms with Crippen molar-refractivity contribution in [2.24, 2.45) is 5.92 Å². The van der Waals surface area contributed by atoms with Gasteiger partial charge in [-0.15, -0.1) is 0 Å². The summed E-state index contributed by atoms with van der Waals surface area (Å²) in [7, 11) is 1.33. The van der Waals surface area contributed by atoms with Gasteiger partial charge in [0.25, 0.3) is 0 Å². The van der Waals surface area contributed by atoms with Gasteiger partial charge in [-0.25, -0.2) is 4.79 Å². The Hall–Kier alpha value is -3.43. The number of amides is 2. The molecule has 3 atom stereocenters. The highest BCUT2D eigenvalue weighted by Gasteiger charge is 2.44. The SMILES string of the molecule is COC(=O)C1C[C@@H](OCCCOCc2ccccc2)CN1C(=O)[C@@H](NC(=O)CCc1ccc(O)cc1)C1CCCCC1. The highest BCUT2D eigenvalue weighted by Crippen LogP contribution is 2.30. The second-order valence-electron chi connectivity index (χ2n) is 11.3. The van der Waals surface area contributed by atoms with Crippen LogP contribution in [0.25, 0.3) is 0 Å². The number of rotatable bonds is 14. The molecule has 0 aromatic heterocycles. The van der Waals surface area contributed by atoms with Crippen LogP contribution in [0, 0.1) is 5.92 Å². The van der Waals surface area contributed by atoms with Crippen LogP contribution < -0.4 is 5.32 Å². The minimum Gasteiger partial charge on any atom is -0.508 e. The van der Waals surface area contributed by atoms with E-state index in [2.05, 4.69) is 5.32 Å². The van der Waals surface area contributed by atoms with E-state index in [1.54, 1.807) is 29.2 Å². The number of aryl methyl sites for hydroxylation is 1. The molecule has 9 heteroatoms. The topological polar surface area (TPSA) is 114 Å². The lowest BCUT2D eigenvalue weighted by Crippen LogP contribution is -2.55. The first-order chi connectivity index (χ1) is 20.4. The first-order valence-corrected chi connectivity index (χ1v) is 15.1. The lowest BCUT2D eigenvalue weighted by Gasteiger charge is -2.34. The minimum atomic E-state index is -0.748. The fraction of sp³-hybridized carbons (Fsp3) is 0.545. The van der Waals surface area contributed by atoms with Gasteiger partial charge in [0.1, 0.15) is 17.8 Å². The van der Waals surface area contributed by atoms with Crippen LogP contribution in [0.4, 0.5) is 0 Å². The third-order valence-corrected chi connectivity index (χ3v) is 8.20. The number of ether oxygens (including phenoxy) is 3. The monoisotopic (exact) mass is 580 g/mol. The Balaban J connectivity index is 1.33. The summed E-state index contributed by atoms with van der Waals surface area (Å²) in [5.74, 6) is -0.724. The molecule has 2 N–H and O–H groups in total. The van der Waals surface area contributed by atoms with Crippen molar-refractivity contribution in [1.82, 2.24) is 10.2 Å². The van der Waals surface area contributed by atoms with Gasteiger partial charge in [0.15, 0.2) is 0 Å². The zero-order valence-corrected chi connectivity index (χ0v) is 24.5. The van der Waals surface area contributed by atoms with Crippen LogP contribution in [0.15, 0.2) is 54.6 Å². The summed E-state index contributed by atoms with van der Waals surface area (Å²) in [5, 5.41) is 12.5. The molecule has 42 heavy (non-hydrogen) atoms. The van der Waals surface area contributed by atoms with Gasteiger partial charge in [0.05, 0.1) is 19.8 Å². The fourth-order valence-corrected chi connectivity index (χ4v) is 5.89. The summed E-state index contributed by atoms with van der Waals surface area (Å²) in [4.78, 5) is 41.4. The number of nitrogens with one attached hydrogen (secondary N) is 1. The van der Waals surface area contributed by atoms with E-state index in [-0.39, 0.29) is 42.6 Å². The van der Waals surface area contributed by atoms with E-state index in [1.165, 1.54) is 7.11 Å². The quantitative estimate of drug-likeness (QED) is 0.255. The lowest BCUT2D eigenvalue weighted by atomic mass is 9.83. The Morgan fingerprint density at radius 3 is 2.43 bits per heavy atom. The van der Waals surface area contributed by atoms with Gasteiger partial charge >= 0.3 is 5.97 Å². The number of likely N-dealkylation sites (tertiary alicyclic amines) is 1. The molecule has 2 aromatic rings. The molecule has 1 heterocycles. The summed E-state index contributed by atoms with van der Waals surface area (Å²) >= 11 is 0. The van der Waals surface area contributed by atoms with Crippen molar-refractivity contribution in [3.05, 3.63) is 65.7 Å². The number of esters is 1. The van der Waals surface area contributed by atoms with Crippen LogP contribution in [0.1, 0.15) is 62.5 Å². The number of phenols is 1. The number of carbonyl (C=O) groups is 3. The number of phenolic OH excluding ortho intramolecular Hbond substituents is 1. The second kappa shape index (κ2) is 16.3. The summed E-state index contributed by atoms with van der Waals surface area (Å²) in [6.45, 7) is 1.82. The highest BCUT2D eigenvalue weighted by atomic mass is 16.5. The van der Waals surface area contributed by atoms with E-state index in [0.717, 1.165) is 43.2 Å². The Morgan fingerprint density at radius 1 is 0.976 bits per heavy atom. The van der Waals surface area contributed by atoms with Gasteiger partial charge in [-0.1, -0.05) is 61.7 Å². The van der Waals surface area contributed by atoms with Gasteiger partial charge in [-0.3, -0.25) is 9.59 Å². The van der Waals surface area contributed by atoms with Gasteiger partial charge in [-0.2, -0.15) is 0 Å². The molecule has 2 fully saturated rings. The van der Waals surface area contributed by atoms with Crippen molar-refractivity contribution >= 4 is 17.8 Å². The Morgan fingerprint density at radius 2 is 1.71 bits per heavy atom. The number of hydrogen-bond acceptors (Lipinski definition) is 7. The van der Waals surface area contributed by atoms with E-state index in [4.69, 9.17) is 14.2 Å². The lowest BCUT2D eigenvalue weighted by molar-refractivity contribution is -0.152. The van der Waals surface area contributed by atoms with Crippen LogP contribution in [-0.2, 0) is 41.6 Å². The van der Waals surface area contributed by atoms with Crippen LogP contribution in [0.5, 0.6) is 5.75 Å². The van der Waals surface area contributed by atoms with E-state index >= 15 is 0 Å². The Labute approximate surface area is 248 Å². The molecule has 228 valence electrons. The first kappa shape index (κ1) is 31.5. The maximum Gasteiger partial charge on any atom is 0.328 e. The molecular weight excluding hydrogens is 536 g/mol. The Bertz CT molecular complexity index is 1130. The molecule has 2 aliphatic rings. The average Bonchev–Trinajstić information content (AvgIpc) is 3.45. The molecular formula is C33H44N2O7. The zero-order chi connectivity index (χ0) is 29.7. The fourth-order valence-electron chi connectivity index (χ4n) is 5.89. The zero-order valence-electron chi connectivity index (χ0n) is 24.5. The van der Waals surface area contributed by atoms with Crippen molar-refractivity contribution in [3.63, 3.8) is 0 Å². The van der Waals surface area contributed by atoms with Crippen LogP contribution >= 0.6 is 0 Å². The van der Waals surface area contributed by atoms with Crippen molar-refractivity contribution in [2.75, 3.05) is 26.9 Å². The molecule has 4 rings (SSSR count). The molecule has 1 saturated heterocycles. The van der Waals surface area contributed by atoms with Crippen LogP contribution in [-0.4, -0.2) is 72.8 Å².